The summed E-state index contributed by atoms with van der Waals surface area (Å²) in [6.07, 6.45) is 0. The fourth-order valence-corrected chi connectivity index (χ4v) is 3.02. The molecule has 0 radical (unpaired) electrons. The SMILES string of the molecule is CC(C)C1CN=C(Nc2ccc(C(C)(C)C)cc2)S1. The van der Waals surface area contributed by atoms with Gasteiger partial charge in [0.05, 0.1) is 6.54 Å². The number of thioether (sulfide) groups is 1. The molecule has 1 atom stereocenters. The second kappa shape index (κ2) is 5.58. The van der Waals surface area contributed by atoms with E-state index >= 15 is 0 Å². The highest BCUT2D eigenvalue weighted by Crippen LogP contribution is 2.28. The maximum absolute atomic E-state index is 4.57. The molecule has 104 valence electrons. The van der Waals surface area contributed by atoms with E-state index in [-0.39, 0.29) is 5.41 Å². The maximum atomic E-state index is 4.57. The molecule has 0 bridgehead atoms. The van der Waals surface area contributed by atoms with Gasteiger partial charge in [-0.15, -0.1) is 0 Å². The lowest BCUT2D eigenvalue weighted by atomic mass is 9.87. The number of rotatable bonds is 2. The van der Waals surface area contributed by atoms with Crippen molar-refractivity contribution in [3.8, 4) is 0 Å². The first kappa shape index (κ1) is 14.4. The van der Waals surface area contributed by atoms with E-state index in [2.05, 4.69) is 69.2 Å². The van der Waals surface area contributed by atoms with Crippen molar-refractivity contribution in [3.05, 3.63) is 29.8 Å². The van der Waals surface area contributed by atoms with Gasteiger partial charge in [-0.1, -0.05) is 58.5 Å². The molecule has 2 nitrogen and oxygen atoms in total. The molecule has 1 aliphatic heterocycles. The van der Waals surface area contributed by atoms with Crippen LogP contribution in [0.1, 0.15) is 40.2 Å². The Kier molecular flexibility index (Phi) is 4.24. The summed E-state index contributed by atoms with van der Waals surface area (Å²) in [4.78, 5) is 4.57. The summed E-state index contributed by atoms with van der Waals surface area (Å²) >= 11 is 1.86. The van der Waals surface area contributed by atoms with E-state index in [9.17, 15) is 0 Å². The quantitative estimate of drug-likeness (QED) is 0.858. The number of hydrogen-bond acceptors (Lipinski definition) is 3. The zero-order chi connectivity index (χ0) is 14.0. The summed E-state index contributed by atoms with van der Waals surface area (Å²) in [7, 11) is 0. The second-order valence-electron chi connectivity index (χ2n) is 6.50. The smallest absolute Gasteiger partial charge is 0.161 e. The molecule has 3 heteroatoms. The maximum Gasteiger partial charge on any atom is 0.161 e. The van der Waals surface area contributed by atoms with Crippen LogP contribution >= 0.6 is 11.8 Å². The highest BCUT2D eigenvalue weighted by molar-refractivity contribution is 8.15. The lowest BCUT2D eigenvalue weighted by Gasteiger charge is -2.19. The van der Waals surface area contributed by atoms with Crippen LogP contribution in [0.15, 0.2) is 29.3 Å². The Morgan fingerprint density at radius 1 is 1.21 bits per heavy atom. The molecule has 0 saturated carbocycles. The standard InChI is InChI=1S/C16H24N2S/c1-11(2)14-10-17-15(19-14)18-13-8-6-12(7-9-13)16(3,4)5/h6-9,11,14H,10H2,1-5H3,(H,17,18). The van der Waals surface area contributed by atoms with Crippen molar-refractivity contribution in [2.75, 3.05) is 11.9 Å². The lowest BCUT2D eigenvalue weighted by Crippen LogP contribution is -2.13. The second-order valence-corrected chi connectivity index (χ2v) is 7.73. The van der Waals surface area contributed by atoms with Crippen molar-refractivity contribution in [1.29, 1.82) is 0 Å². The molecular weight excluding hydrogens is 252 g/mol. The molecule has 0 saturated heterocycles. The van der Waals surface area contributed by atoms with Gasteiger partial charge in [-0.3, -0.25) is 4.99 Å². The minimum atomic E-state index is 0.209. The molecule has 0 aromatic heterocycles. The Morgan fingerprint density at radius 2 is 1.84 bits per heavy atom. The van der Waals surface area contributed by atoms with Gasteiger partial charge in [-0.25, -0.2) is 0 Å². The molecule has 1 heterocycles. The van der Waals surface area contributed by atoms with Crippen LogP contribution in [-0.2, 0) is 5.41 Å². The number of hydrogen-bond donors (Lipinski definition) is 1. The molecule has 1 unspecified atom stereocenters. The summed E-state index contributed by atoms with van der Waals surface area (Å²) in [6, 6.07) is 8.68. The topological polar surface area (TPSA) is 24.4 Å². The third-order valence-electron chi connectivity index (χ3n) is 3.42. The van der Waals surface area contributed by atoms with E-state index in [1.807, 2.05) is 11.8 Å². The third kappa shape index (κ3) is 3.75. The number of amidine groups is 1. The van der Waals surface area contributed by atoms with Gasteiger partial charge in [0.2, 0.25) is 0 Å². The van der Waals surface area contributed by atoms with Gasteiger partial charge in [0, 0.05) is 10.9 Å². The van der Waals surface area contributed by atoms with Gasteiger partial charge in [-0.05, 0) is 29.0 Å². The molecule has 0 fully saturated rings. The Balaban J connectivity index is 1.98. The van der Waals surface area contributed by atoms with Crippen LogP contribution in [0.4, 0.5) is 5.69 Å². The van der Waals surface area contributed by atoms with Crippen molar-refractivity contribution >= 4 is 22.6 Å². The Labute approximate surface area is 121 Å². The molecule has 2 rings (SSSR count). The summed E-state index contributed by atoms with van der Waals surface area (Å²) < 4.78 is 0. The Hall–Kier alpha value is -0.960. The minimum absolute atomic E-state index is 0.209. The lowest BCUT2D eigenvalue weighted by molar-refractivity contribution is 0.590. The molecule has 1 aliphatic rings. The minimum Gasteiger partial charge on any atom is -0.335 e. The van der Waals surface area contributed by atoms with Crippen LogP contribution in [0, 0.1) is 5.92 Å². The van der Waals surface area contributed by atoms with E-state index in [0.717, 1.165) is 17.4 Å². The summed E-state index contributed by atoms with van der Waals surface area (Å²) in [6.45, 7) is 12.2. The number of anilines is 1. The van der Waals surface area contributed by atoms with E-state index < -0.39 is 0 Å². The summed E-state index contributed by atoms with van der Waals surface area (Å²) in [5.74, 6) is 0.677. The molecule has 1 aromatic rings. The first-order valence-electron chi connectivity index (χ1n) is 6.95. The van der Waals surface area contributed by atoms with Gasteiger partial charge in [-0.2, -0.15) is 0 Å². The van der Waals surface area contributed by atoms with Crippen molar-refractivity contribution in [1.82, 2.24) is 0 Å². The normalized spacial score (nSPS) is 19.7. The van der Waals surface area contributed by atoms with Crippen molar-refractivity contribution < 1.29 is 0 Å². The molecule has 0 spiro atoms. The van der Waals surface area contributed by atoms with Crippen LogP contribution in [0.3, 0.4) is 0 Å². The van der Waals surface area contributed by atoms with Crippen LogP contribution in [-0.4, -0.2) is 17.0 Å². The fourth-order valence-electron chi connectivity index (χ4n) is 1.98. The van der Waals surface area contributed by atoms with E-state index in [1.165, 1.54) is 5.56 Å². The molecule has 0 aliphatic carbocycles. The van der Waals surface area contributed by atoms with Gasteiger partial charge in [0.1, 0.15) is 0 Å². The number of aliphatic imine (C=N–C) groups is 1. The van der Waals surface area contributed by atoms with Crippen molar-refractivity contribution in [2.45, 2.75) is 45.3 Å². The van der Waals surface area contributed by atoms with Crippen LogP contribution in [0.2, 0.25) is 0 Å². The molecule has 19 heavy (non-hydrogen) atoms. The third-order valence-corrected chi connectivity index (χ3v) is 4.87. The van der Waals surface area contributed by atoms with Gasteiger partial charge in [0.15, 0.2) is 5.17 Å². The molecular formula is C16H24N2S. The van der Waals surface area contributed by atoms with Crippen molar-refractivity contribution in [2.24, 2.45) is 10.9 Å². The highest BCUT2D eigenvalue weighted by atomic mass is 32.2. The monoisotopic (exact) mass is 276 g/mol. The van der Waals surface area contributed by atoms with E-state index in [1.54, 1.807) is 0 Å². The van der Waals surface area contributed by atoms with Gasteiger partial charge < -0.3 is 5.32 Å². The number of nitrogens with zero attached hydrogens (tertiary/aromatic N) is 1. The Bertz CT molecular complexity index is 455. The number of nitrogens with one attached hydrogen (secondary N) is 1. The largest absolute Gasteiger partial charge is 0.335 e. The van der Waals surface area contributed by atoms with E-state index in [4.69, 9.17) is 0 Å². The zero-order valence-corrected chi connectivity index (χ0v) is 13.3. The predicted octanol–water partition coefficient (Wildman–Crippen LogP) is 4.52. The predicted molar refractivity (Wildman–Crippen MR) is 87.3 cm³/mol. The van der Waals surface area contributed by atoms with Crippen LogP contribution in [0.5, 0.6) is 0 Å². The fraction of sp³-hybridized carbons (Fsp3) is 0.562. The highest BCUT2D eigenvalue weighted by Gasteiger charge is 2.22. The van der Waals surface area contributed by atoms with E-state index in [0.29, 0.717) is 11.2 Å². The first-order chi connectivity index (χ1) is 8.86. The molecule has 0 amide bonds. The first-order valence-corrected chi connectivity index (χ1v) is 7.83. The van der Waals surface area contributed by atoms with Crippen LogP contribution < -0.4 is 5.32 Å². The number of benzene rings is 1. The summed E-state index contributed by atoms with van der Waals surface area (Å²) in [5, 5.41) is 5.10. The zero-order valence-electron chi connectivity index (χ0n) is 12.5. The molecule has 1 N–H and O–H groups in total. The van der Waals surface area contributed by atoms with Gasteiger partial charge >= 0.3 is 0 Å². The Morgan fingerprint density at radius 3 is 2.32 bits per heavy atom. The molecule has 1 aromatic carbocycles. The van der Waals surface area contributed by atoms with Crippen molar-refractivity contribution in [3.63, 3.8) is 0 Å². The average molecular weight is 276 g/mol. The summed E-state index contributed by atoms with van der Waals surface area (Å²) in [5.41, 5.74) is 2.70. The van der Waals surface area contributed by atoms with Gasteiger partial charge in [0.25, 0.3) is 0 Å². The average Bonchev–Trinajstić information content (AvgIpc) is 2.77. The van der Waals surface area contributed by atoms with Crippen LogP contribution in [0.25, 0.3) is 0 Å².